The van der Waals surface area contributed by atoms with Crippen LogP contribution in [0.25, 0.3) is 0 Å². The number of alkyl halides is 4. The maximum Gasteiger partial charge on any atom is 0.417 e. The molecule has 0 bridgehead atoms. The molecule has 80 valence electrons. The van der Waals surface area contributed by atoms with Gasteiger partial charge < -0.3 is 0 Å². The molecule has 0 aliphatic heterocycles. The monoisotopic (exact) mass is 297 g/mol. The highest BCUT2D eigenvalue weighted by molar-refractivity contribution is 9.08. The van der Waals surface area contributed by atoms with Crippen LogP contribution in [0.5, 0.6) is 0 Å². The lowest BCUT2D eigenvalue weighted by Gasteiger charge is -2.11. The Bertz CT molecular complexity index is 423. The molecule has 0 amide bonds. The van der Waals surface area contributed by atoms with Gasteiger partial charge in [0.2, 0.25) is 0 Å². The van der Waals surface area contributed by atoms with Gasteiger partial charge in [0.25, 0.3) is 0 Å². The van der Waals surface area contributed by atoms with Crippen LogP contribution >= 0.6 is 27.5 Å². The van der Waals surface area contributed by atoms with E-state index in [1.165, 1.54) is 6.07 Å². The van der Waals surface area contributed by atoms with Crippen LogP contribution in [0.3, 0.4) is 0 Å². The van der Waals surface area contributed by atoms with Crippen molar-refractivity contribution in [1.29, 1.82) is 5.26 Å². The summed E-state index contributed by atoms with van der Waals surface area (Å²) >= 11 is 8.54. The third-order valence-corrected chi connectivity index (χ3v) is 2.57. The van der Waals surface area contributed by atoms with Gasteiger partial charge in [-0.1, -0.05) is 27.5 Å². The molecule has 0 heterocycles. The van der Waals surface area contributed by atoms with Crippen LogP contribution in [0, 0.1) is 11.3 Å². The molecule has 0 saturated heterocycles. The van der Waals surface area contributed by atoms with E-state index in [2.05, 4.69) is 15.9 Å². The topological polar surface area (TPSA) is 23.8 Å². The second-order valence-corrected chi connectivity index (χ2v) is 3.73. The van der Waals surface area contributed by atoms with Crippen molar-refractivity contribution < 1.29 is 13.2 Å². The van der Waals surface area contributed by atoms with Gasteiger partial charge >= 0.3 is 6.18 Å². The van der Waals surface area contributed by atoms with E-state index in [9.17, 15) is 13.2 Å². The molecule has 0 radical (unpaired) electrons. The van der Waals surface area contributed by atoms with Crippen molar-refractivity contribution in [3.63, 3.8) is 0 Å². The first kappa shape index (κ1) is 12.3. The fraction of sp³-hybridized carbons (Fsp3) is 0.222. The minimum Gasteiger partial charge on any atom is -0.192 e. The van der Waals surface area contributed by atoms with Crippen molar-refractivity contribution in [2.45, 2.75) is 11.5 Å². The van der Waals surface area contributed by atoms with E-state index in [0.717, 1.165) is 6.07 Å². The second-order valence-electron chi connectivity index (χ2n) is 2.73. The summed E-state index contributed by atoms with van der Waals surface area (Å²) in [5.74, 6) is 0. The molecule has 15 heavy (non-hydrogen) atoms. The van der Waals surface area contributed by atoms with Crippen molar-refractivity contribution in [3.05, 3.63) is 33.8 Å². The van der Waals surface area contributed by atoms with Crippen molar-refractivity contribution in [2.24, 2.45) is 0 Å². The maximum atomic E-state index is 12.5. The predicted molar refractivity (Wildman–Crippen MR) is 53.8 cm³/mol. The molecule has 0 fully saturated rings. The fourth-order valence-corrected chi connectivity index (χ4v) is 1.81. The summed E-state index contributed by atoms with van der Waals surface area (Å²) < 4.78 is 37.5. The van der Waals surface area contributed by atoms with E-state index in [-0.39, 0.29) is 21.5 Å². The highest BCUT2D eigenvalue weighted by Gasteiger charge is 2.34. The lowest BCUT2D eigenvalue weighted by molar-refractivity contribution is -0.137. The summed E-state index contributed by atoms with van der Waals surface area (Å²) in [6.45, 7) is 0. The van der Waals surface area contributed by atoms with E-state index in [1.807, 2.05) is 0 Å². The number of rotatable bonds is 1. The van der Waals surface area contributed by atoms with Crippen molar-refractivity contribution >= 4 is 27.5 Å². The predicted octanol–water partition coefficient (Wildman–Crippen LogP) is 4.13. The van der Waals surface area contributed by atoms with Crippen LogP contribution < -0.4 is 0 Å². The second kappa shape index (κ2) is 4.42. The van der Waals surface area contributed by atoms with Gasteiger partial charge in [-0.05, 0) is 17.7 Å². The van der Waals surface area contributed by atoms with E-state index in [4.69, 9.17) is 16.9 Å². The van der Waals surface area contributed by atoms with Gasteiger partial charge in [-0.3, -0.25) is 0 Å². The molecule has 0 aliphatic rings. The SMILES string of the molecule is N#Cc1c(CBr)cc(Cl)cc1C(F)(F)F. The quantitative estimate of drug-likeness (QED) is 0.715. The van der Waals surface area contributed by atoms with Gasteiger partial charge in [0.05, 0.1) is 11.1 Å². The summed E-state index contributed by atoms with van der Waals surface area (Å²) in [5, 5.41) is 8.79. The number of halogens is 5. The van der Waals surface area contributed by atoms with E-state index in [0.29, 0.717) is 0 Å². The van der Waals surface area contributed by atoms with Crippen LogP contribution in [0.15, 0.2) is 12.1 Å². The van der Waals surface area contributed by atoms with Gasteiger partial charge in [-0.2, -0.15) is 18.4 Å². The zero-order chi connectivity index (χ0) is 11.6. The molecule has 1 nitrogen and oxygen atoms in total. The van der Waals surface area contributed by atoms with Crippen molar-refractivity contribution in [1.82, 2.24) is 0 Å². The first-order chi connectivity index (χ1) is 6.90. The number of hydrogen-bond acceptors (Lipinski definition) is 1. The van der Waals surface area contributed by atoms with E-state index < -0.39 is 11.7 Å². The van der Waals surface area contributed by atoms with Crippen LogP contribution in [-0.4, -0.2) is 0 Å². The summed E-state index contributed by atoms with van der Waals surface area (Å²) in [6.07, 6.45) is -4.56. The van der Waals surface area contributed by atoms with E-state index in [1.54, 1.807) is 6.07 Å². The molecule has 0 N–H and O–H groups in total. The third-order valence-electron chi connectivity index (χ3n) is 1.75. The molecule has 1 aromatic carbocycles. The molecule has 6 heteroatoms. The lowest BCUT2D eigenvalue weighted by atomic mass is 10.0. The van der Waals surface area contributed by atoms with Gasteiger partial charge in [-0.15, -0.1) is 0 Å². The number of benzene rings is 1. The molecule has 0 aromatic heterocycles. The fourth-order valence-electron chi connectivity index (χ4n) is 1.12. The first-order valence-electron chi connectivity index (χ1n) is 3.76. The number of nitriles is 1. The minimum atomic E-state index is -4.56. The zero-order valence-corrected chi connectivity index (χ0v) is 9.54. The molecule has 1 rings (SSSR count). The Labute approximate surface area is 97.6 Å². The zero-order valence-electron chi connectivity index (χ0n) is 7.20. The Balaban J connectivity index is 3.51. The van der Waals surface area contributed by atoms with Gasteiger partial charge in [-0.25, -0.2) is 0 Å². The average molecular weight is 298 g/mol. The Morgan fingerprint density at radius 2 is 2.00 bits per heavy atom. The molecular formula is C9H4BrClF3N. The standard InChI is InChI=1S/C9H4BrClF3N/c10-3-5-1-6(11)2-8(7(5)4-15)9(12,13)14/h1-2H,3H2. The van der Waals surface area contributed by atoms with E-state index >= 15 is 0 Å². The summed E-state index contributed by atoms with van der Waals surface area (Å²) in [4.78, 5) is 0. The summed E-state index contributed by atoms with van der Waals surface area (Å²) in [7, 11) is 0. The number of hydrogen-bond donors (Lipinski definition) is 0. The van der Waals surface area contributed by atoms with Crippen LogP contribution in [-0.2, 0) is 11.5 Å². The Hall–Kier alpha value is -0.730. The largest absolute Gasteiger partial charge is 0.417 e. The highest BCUT2D eigenvalue weighted by atomic mass is 79.9. The van der Waals surface area contributed by atoms with Gasteiger partial charge in [0.1, 0.15) is 6.07 Å². The molecule has 0 atom stereocenters. The lowest BCUT2D eigenvalue weighted by Crippen LogP contribution is -2.09. The molecular weight excluding hydrogens is 294 g/mol. The van der Waals surface area contributed by atoms with Crippen molar-refractivity contribution in [2.75, 3.05) is 0 Å². The molecule has 0 spiro atoms. The number of nitrogens with zero attached hydrogens (tertiary/aromatic N) is 1. The third kappa shape index (κ3) is 2.64. The minimum absolute atomic E-state index is 0.0317. The van der Waals surface area contributed by atoms with Crippen LogP contribution in [0.2, 0.25) is 5.02 Å². The Kier molecular flexibility index (Phi) is 3.63. The van der Waals surface area contributed by atoms with Crippen LogP contribution in [0.1, 0.15) is 16.7 Å². The molecule has 0 saturated carbocycles. The smallest absolute Gasteiger partial charge is 0.192 e. The molecule has 0 unspecified atom stereocenters. The van der Waals surface area contributed by atoms with Crippen LogP contribution in [0.4, 0.5) is 13.2 Å². The average Bonchev–Trinajstić information content (AvgIpc) is 2.15. The highest BCUT2D eigenvalue weighted by Crippen LogP contribution is 2.35. The maximum absolute atomic E-state index is 12.5. The first-order valence-corrected chi connectivity index (χ1v) is 5.25. The molecule has 0 aliphatic carbocycles. The Morgan fingerprint density at radius 1 is 1.40 bits per heavy atom. The van der Waals surface area contributed by atoms with Gasteiger partial charge in [0.15, 0.2) is 0 Å². The van der Waals surface area contributed by atoms with Crippen molar-refractivity contribution in [3.8, 4) is 6.07 Å². The van der Waals surface area contributed by atoms with Gasteiger partial charge in [0, 0.05) is 10.4 Å². The summed E-state index contributed by atoms with van der Waals surface area (Å²) in [6, 6.07) is 3.63. The normalized spacial score (nSPS) is 11.2. The molecule has 1 aromatic rings. The Morgan fingerprint density at radius 3 is 2.40 bits per heavy atom. The summed E-state index contributed by atoms with van der Waals surface area (Å²) in [5.41, 5.74) is -1.15.